The van der Waals surface area contributed by atoms with E-state index in [2.05, 4.69) is 11.8 Å². The lowest BCUT2D eigenvalue weighted by atomic mass is 10.3. The van der Waals surface area contributed by atoms with Gasteiger partial charge in [-0.2, -0.15) is 0 Å². The topological polar surface area (TPSA) is 13.1 Å². The maximum absolute atomic E-state index is 4.76. The fourth-order valence-electron chi connectivity index (χ4n) is 0.480. The van der Waals surface area contributed by atoms with E-state index in [0.717, 1.165) is 5.56 Å². The smallest absolute Gasteiger partial charge is 0.106 e. The molecule has 8 heavy (non-hydrogen) atoms. The quantitative estimate of drug-likeness (QED) is 0.458. The Hall–Kier alpha value is -1.16. The first-order valence-electron chi connectivity index (χ1n) is 2.38. The van der Waals surface area contributed by atoms with Crippen molar-refractivity contribution < 1.29 is 4.42 Å². The summed E-state index contributed by atoms with van der Waals surface area (Å²) in [6, 6.07) is 1.83. The minimum atomic E-state index is 0.938. The molecule has 0 aliphatic rings. The van der Waals surface area contributed by atoms with Gasteiger partial charge in [0.2, 0.25) is 0 Å². The van der Waals surface area contributed by atoms with Crippen molar-refractivity contribution in [3.05, 3.63) is 24.2 Å². The zero-order valence-corrected chi connectivity index (χ0v) is 4.64. The molecule has 0 unspecified atom stereocenters. The lowest BCUT2D eigenvalue weighted by molar-refractivity contribution is 0.566. The van der Waals surface area contributed by atoms with Crippen molar-refractivity contribution in [2.24, 2.45) is 0 Å². The van der Waals surface area contributed by atoms with Gasteiger partial charge in [-0.25, -0.2) is 0 Å². The van der Waals surface area contributed by atoms with E-state index < -0.39 is 0 Å². The van der Waals surface area contributed by atoms with Gasteiger partial charge < -0.3 is 4.42 Å². The summed E-state index contributed by atoms with van der Waals surface area (Å²) in [5.41, 5.74) is 0.938. The highest BCUT2D eigenvalue weighted by Crippen LogP contribution is 1.95. The zero-order valence-electron chi connectivity index (χ0n) is 4.64. The van der Waals surface area contributed by atoms with Crippen molar-refractivity contribution in [2.75, 3.05) is 0 Å². The van der Waals surface area contributed by atoms with Crippen molar-refractivity contribution in [3.8, 4) is 11.8 Å². The van der Waals surface area contributed by atoms with E-state index in [1.807, 2.05) is 6.07 Å². The van der Waals surface area contributed by atoms with Crippen molar-refractivity contribution in [1.82, 2.24) is 0 Å². The average Bonchev–Trinajstić information content (AvgIpc) is 2.19. The van der Waals surface area contributed by atoms with E-state index in [1.165, 1.54) is 0 Å². The molecule has 0 spiro atoms. The highest BCUT2D eigenvalue weighted by Gasteiger charge is 1.81. The van der Waals surface area contributed by atoms with E-state index in [1.54, 1.807) is 19.5 Å². The molecular formula is C7H6O. The van der Waals surface area contributed by atoms with Gasteiger partial charge in [-0.15, -0.1) is 5.92 Å². The molecule has 1 rings (SSSR count). The van der Waals surface area contributed by atoms with Crippen LogP contribution in [0, 0.1) is 11.8 Å². The molecule has 0 aliphatic carbocycles. The Morgan fingerprint density at radius 3 is 3.00 bits per heavy atom. The van der Waals surface area contributed by atoms with E-state index in [0.29, 0.717) is 0 Å². The fraction of sp³-hybridized carbons (Fsp3) is 0.143. The van der Waals surface area contributed by atoms with Crippen molar-refractivity contribution in [2.45, 2.75) is 6.92 Å². The molecule has 0 bridgehead atoms. The van der Waals surface area contributed by atoms with E-state index in [4.69, 9.17) is 4.42 Å². The van der Waals surface area contributed by atoms with Crippen LogP contribution in [0.2, 0.25) is 0 Å². The zero-order chi connectivity index (χ0) is 5.82. The largest absolute Gasteiger partial charge is 0.471 e. The monoisotopic (exact) mass is 106 g/mol. The molecule has 0 aliphatic heterocycles. The SMILES string of the molecule is CC#Cc1ccoc1. The third-order valence-corrected chi connectivity index (χ3v) is 0.791. The van der Waals surface area contributed by atoms with Crippen LogP contribution in [-0.4, -0.2) is 0 Å². The summed E-state index contributed by atoms with van der Waals surface area (Å²) < 4.78 is 4.76. The molecule has 40 valence electrons. The summed E-state index contributed by atoms with van der Waals surface area (Å²) in [6.07, 6.45) is 3.23. The lowest BCUT2D eigenvalue weighted by Gasteiger charge is -1.67. The second kappa shape index (κ2) is 2.23. The van der Waals surface area contributed by atoms with E-state index >= 15 is 0 Å². The predicted octanol–water partition coefficient (Wildman–Crippen LogP) is 1.65. The Balaban J connectivity index is 2.88. The van der Waals surface area contributed by atoms with Gasteiger partial charge in [0, 0.05) is 0 Å². The highest BCUT2D eigenvalue weighted by atomic mass is 16.3. The summed E-state index contributed by atoms with van der Waals surface area (Å²) >= 11 is 0. The molecule has 1 nitrogen and oxygen atoms in total. The lowest BCUT2D eigenvalue weighted by Crippen LogP contribution is -1.57. The van der Waals surface area contributed by atoms with Gasteiger partial charge in [-0.1, -0.05) is 5.92 Å². The molecule has 1 aromatic rings. The minimum absolute atomic E-state index is 0.938. The van der Waals surface area contributed by atoms with Crippen molar-refractivity contribution in [1.29, 1.82) is 0 Å². The van der Waals surface area contributed by atoms with Crippen molar-refractivity contribution >= 4 is 0 Å². The Bertz CT molecular complexity index is 198. The Morgan fingerprint density at radius 1 is 1.62 bits per heavy atom. The maximum atomic E-state index is 4.76. The molecule has 0 saturated heterocycles. The third kappa shape index (κ3) is 0.913. The molecule has 0 amide bonds. The molecule has 0 atom stereocenters. The third-order valence-electron chi connectivity index (χ3n) is 0.791. The van der Waals surface area contributed by atoms with Crippen molar-refractivity contribution in [3.63, 3.8) is 0 Å². The summed E-state index contributed by atoms with van der Waals surface area (Å²) in [5, 5.41) is 0. The molecule has 1 aromatic heterocycles. The van der Waals surface area contributed by atoms with Gasteiger partial charge in [-0.3, -0.25) is 0 Å². The van der Waals surface area contributed by atoms with Gasteiger partial charge >= 0.3 is 0 Å². The van der Waals surface area contributed by atoms with Gasteiger partial charge in [-0.05, 0) is 13.0 Å². The number of hydrogen-bond acceptors (Lipinski definition) is 1. The van der Waals surface area contributed by atoms with Crippen LogP contribution in [0.1, 0.15) is 12.5 Å². The predicted molar refractivity (Wildman–Crippen MR) is 31.3 cm³/mol. The Morgan fingerprint density at radius 2 is 2.50 bits per heavy atom. The van der Waals surface area contributed by atoms with Crippen LogP contribution >= 0.6 is 0 Å². The van der Waals surface area contributed by atoms with Gasteiger partial charge in [0.05, 0.1) is 11.8 Å². The Labute approximate surface area is 48.3 Å². The first kappa shape index (κ1) is 4.99. The molecular weight excluding hydrogens is 100 g/mol. The van der Waals surface area contributed by atoms with Crippen LogP contribution in [0.3, 0.4) is 0 Å². The second-order valence-electron chi connectivity index (χ2n) is 1.39. The Kier molecular flexibility index (Phi) is 1.39. The van der Waals surface area contributed by atoms with Crippen LogP contribution in [-0.2, 0) is 0 Å². The highest BCUT2D eigenvalue weighted by molar-refractivity contribution is 5.29. The first-order valence-corrected chi connectivity index (χ1v) is 2.38. The van der Waals surface area contributed by atoms with Crippen LogP contribution in [0.4, 0.5) is 0 Å². The van der Waals surface area contributed by atoms with Crippen LogP contribution < -0.4 is 0 Å². The van der Waals surface area contributed by atoms with Gasteiger partial charge in [0.1, 0.15) is 6.26 Å². The van der Waals surface area contributed by atoms with Crippen LogP contribution in [0.25, 0.3) is 0 Å². The van der Waals surface area contributed by atoms with Crippen LogP contribution in [0.5, 0.6) is 0 Å². The number of hydrogen-bond donors (Lipinski definition) is 0. The van der Waals surface area contributed by atoms with E-state index in [-0.39, 0.29) is 0 Å². The summed E-state index contributed by atoms with van der Waals surface area (Å²) in [5.74, 6) is 5.60. The maximum Gasteiger partial charge on any atom is 0.106 e. The fourth-order valence-corrected chi connectivity index (χ4v) is 0.480. The number of rotatable bonds is 0. The molecule has 0 saturated carbocycles. The average molecular weight is 106 g/mol. The van der Waals surface area contributed by atoms with Crippen LogP contribution in [0.15, 0.2) is 23.0 Å². The second-order valence-corrected chi connectivity index (χ2v) is 1.39. The van der Waals surface area contributed by atoms with Gasteiger partial charge in [0.15, 0.2) is 0 Å². The minimum Gasteiger partial charge on any atom is -0.471 e. The summed E-state index contributed by atoms with van der Waals surface area (Å²) in [4.78, 5) is 0. The molecule has 1 heteroatoms. The standard InChI is InChI=1S/C7H6O/c1-2-3-7-4-5-8-6-7/h4-6H,1H3. The molecule has 0 aromatic carbocycles. The molecule has 1 heterocycles. The molecule has 0 N–H and O–H groups in total. The normalized spacial score (nSPS) is 7.62. The molecule has 0 fully saturated rings. The van der Waals surface area contributed by atoms with E-state index in [9.17, 15) is 0 Å². The first-order chi connectivity index (χ1) is 3.93. The summed E-state index contributed by atoms with van der Waals surface area (Å²) in [6.45, 7) is 1.80. The number of furan rings is 1. The molecule has 0 radical (unpaired) electrons. The summed E-state index contributed by atoms with van der Waals surface area (Å²) in [7, 11) is 0. The van der Waals surface area contributed by atoms with Gasteiger partial charge in [0.25, 0.3) is 0 Å².